The van der Waals surface area contributed by atoms with Crippen LogP contribution in [-0.4, -0.2) is 36.1 Å². The molecule has 2 N–H and O–H groups in total. The van der Waals surface area contributed by atoms with Crippen LogP contribution in [-0.2, 0) is 6.42 Å². The van der Waals surface area contributed by atoms with Gasteiger partial charge in [-0.05, 0) is 24.5 Å². The first kappa shape index (κ1) is 17.7. The Labute approximate surface area is 142 Å². The average molecular weight is 328 g/mol. The molecule has 0 spiro atoms. The summed E-state index contributed by atoms with van der Waals surface area (Å²) in [7, 11) is 1.64. The summed E-state index contributed by atoms with van der Waals surface area (Å²) in [5.74, 6) is 1.21. The molecule has 2 rings (SSSR count). The number of benzene rings is 1. The fraction of sp³-hybridized carbons (Fsp3) is 0.389. The van der Waals surface area contributed by atoms with Gasteiger partial charge in [-0.3, -0.25) is 4.79 Å². The molecule has 0 unspecified atom stereocenters. The van der Waals surface area contributed by atoms with E-state index < -0.39 is 0 Å². The van der Waals surface area contributed by atoms with Gasteiger partial charge < -0.3 is 15.4 Å². The zero-order chi connectivity index (χ0) is 17.2. The third-order valence-corrected chi connectivity index (χ3v) is 3.60. The van der Waals surface area contributed by atoms with Crippen LogP contribution in [0.1, 0.15) is 35.7 Å². The molecule has 6 nitrogen and oxygen atoms in total. The predicted octanol–water partition coefficient (Wildman–Crippen LogP) is 2.67. The second-order valence-corrected chi connectivity index (χ2v) is 5.39. The van der Waals surface area contributed by atoms with Crippen LogP contribution in [0.15, 0.2) is 36.7 Å². The third-order valence-electron chi connectivity index (χ3n) is 3.60. The number of carbonyl (C=O) groups is 1. The van der Waals surface area contributed by atoms with E-state index in [1.165, 1.54) is 0 Å². The number of rotatable bonds is 9. The van der Waals surface area contributed by atoms with Crippen molar-refractivity contribution in [1.29, 1.82) is 0 Å². The molecule has 0 bridgehead atoms. The van der Waals surface area contributed by atoms with Crippen LogP contribution in [0, 0.1) is 0 Å². The molecular formula is C18H24N4O2. The average Bonchev–Trinajstić information content (AvgIpc) is 2.63. The molecule has 1 aromatic carbocycles. The van der Waals surface area contributed by atoms with Crippen molar-refractivity contribution in [2.45, 2.75) is 26.2 Å². The Morgan fingerprint density at radius 2 is 1.92 bits per heavy atom. The highest BCUT2D eigenvalue weighted by molar-refractivity contribution is 5.93. The highest BCUT2D eigenvalue weighted by Gasteiger charge is 2.08. The molecule has 0 aliphatic heterocycles. The lowest BCUT2D eigenvalue weighted by molar-refractivity contribution is 0.0953. The van der Waals surface area contributed by atoms with Gasteiger partial charge in [-0.25, -0.2) is 9.97 Å². The second-order valence-electron chi connectivity index (χ2n) is 5.39. The molecule has 128 valence electrons. The van der Waals surface area contributed by atoms with Gasteiger partial charge in [0, 0.05) is 25.5 Å². The molecule has 1 aromatic heterocycles. The summed E-state index contributed by atoms with van der Waals surface area (Å²) in [6.45, 7) is 3.48. The Morgan fingerprint density at radius 3 is 2.62 bits per heavy atom. The summed E-state index contributed by atoms with van der Waals surface area (Å²) in [5, 5.41) is 6.00. The number of nitrogens with zero attached hydrogens (tertiary/aromatic N) is 2. The van der Waals surface area contributed by atoms with E-state index in [9.17, 15) is 4.79 Å². The Balaban J connectivity index is 1.82. The van der Waals surface area contributed by atoms with Crippen LogP contribution in [0.25, 0.3) is 0 Å². The first-order valence-corrected chi connectivity index (χ1v) is 8.20. The molecule has 24 heavy (non-hydrogen) atoms. The molecule has 0 fully saturated rings. The number of para-hydroxylation sites is 1. The number of methoxy groups -OCH3 is 1. The van der Waals surface area contributed by atoms with Gasteiger partial charge in [-0.2, -0.15) is 0 Å². The molecule has 0 aliphatic rings. The minimum atomic E-state index is -0.176. The van der Waals surface area contributed by atoms with E-state index in [2.05, 4.69) is 27.5 Å². The maximum absolute atomic E-state index is 12.1. The van der Waals surface area contributed by atoms with Crippen LogP contribution in [0.3, 0.4) is 0 Å². The van der Waals surface area contributed by atoms with E-state index in [1.54, 1.807) is 19.5 Å². The van der Waals surface area contributed by atoms with E-state index in [-0.39, 0.29) is 5.91 Å². The molecule has 1 amide bonds. The lowest BCUT2D eigenvalue weighted by Crippen LogP contribution is -2.26. The number of anilines is 1. The molecular weight excluding hydrogens is 304 g/mol. The first-order valence-electron chi connectivity index (χ1n) is 8.20. The summed E-state index contributed by atoms with van der Waals surface area (Å²) < 4.78 is 5.30. The van der Waals surface area contributed by atoms with Gasteiger partial charge >= 0.3 is 0 Å². The lowest BCUT2D eigenvalue weighted by atomic mass is 10.1. The van der Waals surface area contributed by atoms with Crippen molar-refractivity contribution in [1.82, 2.24) is 15.3 Å². The number of nitrogens with one attached hydrogen (secondary N) is 2. The fourth-order valence-corrected chi connectivity index (χ4v) is 2.24. The zero-order valence-electron chi connectivity index (χ0n) is 14.2. The normalized spacial score (nSPS) is 10.2. The van der Waals surface area contributed by atoms with E-state index in [4.69, 9.17) is 4.74 Å². The molecule has 1 heterocycles. The lowest BCUT2D eigenvalue weighted by Gasteiger charge is -2.09. The van der Waals surface area contributed by atoms with Gasteiger partial charge in [0.1, 0.15) is 5.75 Å². The van der Waals surface area contributed by atoms with E-state index >= 15 is 0 Å². The van der Waals surface area contributed by atoms with E-state index in [0.29, 0.717) is 24.5 Å². The second kappa shape index (κ2) is 9.50. The van der Waals surface area contributed by atoms with Crippen molar-refractivity contribution in [3.63, 3.8) is 0 Å². The number of ether oxygens (including phenoxy) is 1. The maximum Gasteiger partial charge on any atom is 0.254 e. The highest BCUT2D eigenvalue weighted by atomic mass is 16.5. The Kier molecular flexibility index (Phi) is 7.01. The molecule has 6 heteroatoms. The standard InChI is InChI=1S/C18H24N4O2/c1-3-4-10-20-18-21-12-15(13-22-18)17(23)19-11-9-14-7-5-6-8-16(14)24-2/h5-8,12-13H,3-4,9-11H2,1-2H3,(H,19,23)(H,20,21,22). The van der Waals surface area contributed by atoms with Crippen molar-refractivity contribution < 1.29 is 9.53 Å². The van der Waals surface area contributed by atoms with E-state index in [0.717, 1.165) is 30.7 Å². The van der Waals surface area contributed by atoms with Crippen molar-refractivity contribution in [2.75, 3.05) is 25.5 Å². The molecule has 2 aromatic rings. The van der Waals surface area contributed by atoms with Crippen LogP contribution in [0.2, 0.25) is 0 Å². The number of unbranched alkanes of at least 4 members (excludes halogenated alkanes) is 1. The van der Waals surface area contributed by atoms with Crippen molar-refractivity contribution >= 4 is 11.9 Å². The van der Waals surface area contributed by atoms with Gasteiger partial charge in [0.25, 0.3) is 5.91 Å². The molecule has 0 atom stereocenters. The van der Waals surface area contributed by atoms with Gasteiger partial charge in [-0.15, -0.1) is 0 Å². The number of hydrogen-bond acceptors (Lipinski definition) is 5. The largest absolute Gasteiger partial charge is 0.496 e. The maximum atomic E-state index is 12.1. The predicted molar refractivity (Wildman–Crippen MR) is 94.5 cm³/mol. The minimum absolute atomic E-state index is 0.176. The van der Waals surface area contributed by atoms with Crippen LogP contribution in [0.5, 0.6) is 5.75 Å². The van der Waals surface area contributed by atoms with Crippen molar-refractivity contribution in [3.05, 3.63) is 47.8 Å². The molecule has 0 saturated heterocycles. The monoisotopic (exact) mass is 328 g/mol. The summed E-state index contributed by atoms with van der Waals surface area (Å²) in [6, 6.07) is 7.78. The Bertz CT molecular complexity index is 644. The van der Waals surface area contributed by atoms with Crippen molar-refractivity contribution in [2.24, 2.45) is 0 Å². The fourth-order valence-electron chi connectivity index (χ4n) is 2.24. The van der Waals surface area contributed by atoms with Crippen molar-refractivity contribution in [3.8, 4) is 5.75 Å². The number of hydrogen-bond donors (Lipinski definition) is 2. The third kappa shape index (κ3) is 5.22. The van der Waals surface area contributed by atoms with Gasteiger partial charge in [0.15, 0.2) is 0 Å². The van der Waals surface area contributed by atoms with Gasteiger partial charge in [-0.1, -0.05) is 31.5 Å². The molecule has 0 aliphatic carbocycles. The minimum Gasteiger partial charge on any atom is -0.496 e. The molecule has 0 radical (unpaired) electrons. The Morgan fingerprint density at radius 1 is 1.17 bits per heavy atom. The summed E-state index contributed by atoms with van der Waals surface area (Å²) >= 11 is 0. The summed E-state index contributed by atoms with van der Waals surface area (Å²) in [6.07, 6.45) is 5.96. The van der Waals surface area contributed by atoms with Crippen LogP contribution in [0.4, 0.5) is 5.95 Å². The topological polar surface area (TPSA) is 76.1 Å². The first-order chi connectivity index (χ1) is 11.7. The summed E-state index contributed by atoms with van der Waals surface area (Å²) in [4.78, 5) is 20.4. The number of carbonyl (C=O) groups excluding carboxylic acids is 1. The van der Waals surface area contributed by atoms with Crippen LogP contribution < -0.4 is 15.4 Å². The van der Waals surface area contributed by atoms with E-state index in [1.807, 2.05) is 24.3 Å². The number of amides is 1. The van der Waals surface area contributed by atoms with Crippen LogP contribution >= 0.6 is 0 Å². The Hall–Kier alpha value is -2.63. The smallest absolute Gasteiger partial charge is 0.254 e. The van der Waals surface area contributed by atoms with Gasteiger partial charge in [0.2, 0.25) is 5.95 Å². The highest BCUT2D eigenvalue weighted by Crippen LogP contribution is 2.17. The zero-order valence-corrected chi connectivity index (χ0v) is 14.2. The molecule has 0 saturated carbocycles. The summed E-state index contributed by atoms with van der Waals surface area (Å²) in [5.41, 5.74) is 1.52. The SMILES string of the molecule is CCCCNc1ncc(C(=O)NCCc2ccccc2OC)cn1. The van der Waals surface area contributed by atoms with Gasteiger partial charge in [0.05, 0.1) is 12.7 Å². The quantitative estimate of drug-likeness (QED) is 0.692. The number of aromatic nitrogens is 2.